The average Bonchev–Trinajstić information content (AvgIpc) is 2.97. The molecule has 4 rings (SSSR count). The van der Waals surface area contributed by atoms with Crippen molar-refractivity contribution < 1.29 is 19.4 Å². The van der Waals surface area contributed by atoms with Gasteiger partial charge in [-0.2, -0.15) is 0 Å². The van der Waals surface area contributed by atoms with Crippen molar-refractivity contribution in [3.63, 3.8) is 0 Å². The van der Waals surface area contributed by atoms with E-state index in [-0.39, 0.29) is 12.5 Å². The van der Waals surface area contributed by atoms with Crippen molar-refractivity contribution in [2.24, 2.45) is 10.2 Å². The van der Waals surface area contributed by atoms with E-state index >= 15 is 0 Å². The lowest BCUT2D eigenvalue weighted by Crippen LogP contribution is -2.27. The normalized spacial score (nSPS) is 15.2. The molecule has 168 valence electrons. The van der Waals surface area contributed by atoms with Gasteiger partial charge in [-0.1, -0.05) is 43.2 Å². The number of aromatic nitrogens is 1. The minimum Gasteiger partial charge on any atom is -0.493 e. The molecule has 2 aromatic carbocycles. The molecule has 3 aromatic rings. The lowest BCUT2D eigenvalue weighted by molar-refractivity contribution is -0.120. The standard InChI is InChI=1S/C24H28N4O4/c1-31-20-12-6-7-13-21(20)32-16-22(29)25-26-23-18-10-4-5-11-19(18)28(24(23)30)17-27-14-8-2-3-9-15-27/h4-7,10-13,30H,2-3,8-9,14-17H2,1H3. The lowest BCUT2D eigenvalue weighted by Gasteiger charge is -2.21. The van der Waals surface area contributed by atoms with E-state index in [1.54, 1.807) is 18.2 Å². The van der Waals surface area contributed by atoms with Crippen LogP contribution in [0.15, 0.2) is 58.8 Å². The van der Waals surface area contributed by atoms with Crippen LogP contribution in [0.3, 0.4) is 0 Å². The first-order chi connectivity index (χ1) is 15.7. The van der Waals surface area contributed by atoms with Crippen molar-refractivity contribution in [3.8, 4) is 17.4 Å². The summed E-state index contributed by atoms with van der Waals surface area (Å²) in [4.78, 5) is 14.6. The fourth-order valence-electron chi connectivity index (χ4n) is 4.00. The highest BCUT2D eigenvalue weighted by Gasteiger charge is 2.19. The van der Waals surface area contributed by atoms with Gasteiger partial charge in [0.2, 0.25) is 5.88 Å². The molecule has 1 N–H and O–H groups in total. The Labute approximate surface area is 187 Å². The predicted octanol–water partition coefficient (Wildman–Crippen LogP) is 4.88. The fraction of sp³-hybridized carbons (Fsp3) is 0.375. The van der Waals surface area contributed by atoms with Gasteiger partial charge in [-0.25, -0.2) is 0 Å². The number of carbonyl (C=O) groups is 1. The summed E-state index contributed by atoms with van der Waals surface area (Å²) in [7, 11) is 1.54. The lowest BCUT2D eigenvalue weighted by atomic mass is 10.2. The zero-order valence-corrected chi connectivity index (χ0v) is 18.2. The first-order valence-electron chi connectivity index (χ1n) is 10.9. The largest absolute Gasteiger partial charge is 0.493 e. The van der Waals surface area contributed by atoms with Crippen LogP contribution in [0, 0.1) is 0 Å². The number of methoxy groups -OCH3 is 1. The van der Waals surface area contributed by atoms with Gasteiger partial charge in [-0.3, -0.25) is 14.3 Å². The summed E-state index contributed by atoms with van der Waals surface area (Å²) in [6, 6.07) is 14.7. The number of rotatable bonds is 7. The highest BCUT2D eigenvalue weighted by atomic mass is 16.5. The highest BCUT2D eigenvalue weighted by Crippen LogP contribution is 2.39. The van der Waals surface area contributed by atoms with Gasteiger partial charge in [-0.05, 0) is 44.1 Å². The summed E-state index contributed by atoms with van der Waals surface area (Å²) in [6.07, 6.45) is 4.81. The van der Waals surface area contributed by atoms with E-state index in [4.69, 9.17) is 9.47 Å². The molecular weight excluding hydrogens is 408 g/mol. The molecule has 0 atom stereocenters. The van der Waals surface area contributed by atoms with Crippen molar-refractivity contribution >= 4 is 22.5 Å². The summed E-state index contributed by atoms with van der Waals surface area (Å²) in [5.41, 5.74) is 1.15. The second-order valence-electron chi connectivity index (χ2n) is 7.82. The van der Waals surface area contributed by atoms with Crippen molar-refractivity contribution in [1.82, 2.24) is 9.47 Å². The summed E-state index contributed by atoms with van der Waals surface area (Å²) in [5, 5.41) is 19.6. The molecule has 1 fully saturated rings. The number of amides is 1. The van der Waals surface area contributed by atoms with Crippen molar-refractivity contribution in [3.05, 3.63) is 48.5 Å². The van der Waals surface area contributed by atoms with E-state index in [0.717, 1.165) is 36.8 Å². The first kappa shape index (κ1) is 21.8. The van der Waals surface area contributed by atoms with E-state index in [1.807, 2.05) is 34.9 Å². The van der Waals surface area contributed by atoms with Gasteiger partial charge in [-0.15, -0.1) is 10.2 Å². The molecule has 0 aliphatic carbocycles. The molecule has 8 heteroatoms. The van der Waals surface area contributed by atoms with Gasteiger partial charge < -0.3 is 14.6 Å². The number of para-hydroxylation sites is 3. The summed E-state index contributed by atoms with van der Waals surface area (Å²) in [5.74, 6) is 0.444. The van der Waals surface area contributed by atoms with Crippen molar-refractivity contribution in [2.75, 3.05) is 26.8 Å². The molecule has 1 aromatic heterocycles. The van der Waals surface area contributed by atoms with E-state index in [1.165, 1.54) is 20.0 Å². The van der Waals surface area contributed by atoms with Gasteiger partial charge in [0, 0.05) is 5.39 Å². The maximum Gasteiger partial charge on any atom is 0.302 e. The van der Waals surface area contributed by atoms with Crippen LogP contribution in [0.2, 0.25) is 0 Å². The zero-order valence-electron chi connectivity index (χ0n) is 18.2. The average molecular weight is 437 g/mol. The van der Waals surface area contributed by atoms with Crippen molar-refractivity contribution in [2.45, 2.75) is 32.4 Å². The van der Waals surface area contributed by atoms with Gasteiger partial charge in [0.25, 0.3) is 0 Å². The number of benzene rings is 2. The third-order valence-corrected chi connectivity index (χ3v) is 5.64. The smallest absolute Gasteiger partial charge is 0.302 e. The Bertz CT molecular complexity index is 1100. The Balaban J connectivity index is 1.51. The summed E-state index contributed by atoms with van der Waals surface area (Å²) < 4.78 is 12.6. The number of azo groups is 1. The summed E-state index contributed by atoms with van der Waals surface area (Å²) >= 11 is 0. The fourth-order valence-corrected chi connectivity index (χ4v) is 4.00. The molecule has 1 aliphatic heterocycles. The number of ether oxygens (including phenoxy) is 2. The number of hydrogen-bond donors (Lipinski definition) is 1. The molecule has 2 heterocycles. The van der Waals surface area contributed by atoms with Crippen LogP contribution in [-0.2, 0) is 11.5 Å². The third-order valence-electron chi connectivity index (χ3n) is 5.64. The van der Waals surface area contributed by atoms with Gasteiger partial charge >= 0.3 is 5.91 Å². The first-order valence-corrected chi connectivity index (χ1v) is 10.9. The van der Waals surface area contributed by atoms with Crippen LogP contribution >= 0.6 is 0 Å². The molecule has 1 aliphatic rings. The van der Waals surface area contributed by atoms with Crippen LogP contribution in [0.25, 0.3) is 10.9 Å². The van der Waals surface area contributed by atoms with Crippen LogP contribution in [0.4, 0.5) is 5.69 Å². The maximum absolute atomic E-state index is 12.3. The Hall–Kier alpha value is -3.39. The molecule has 0 bridgehead atoms. The van der Waals surface area contributed by atoms with Gasteiger partial charge in [0.15, 0.2) is 23.8 Å². The molecule has 0 spiro atoms. The minimum absolute atomic E-state index is 0.0117. The number of carbonyl (C=O) groups excluding carboxylic acids is 1. The number of likely N-dealkylation sites (tertiary alicyclic amines) is 1. The van der Waals surface area contributed by atoms with Gasteiger partial charge in [0.1, 0.15) is 0 Å². The quantitative estimate of drug-likeness (QED) is 0.533. The monoisotopic (exact) mass is 436 g/mol. The summed E-state index contributed by atoms with van der Waals surface area (Å²) in [6.45, 7) is 2.30. The van der Waals surface area contributed by atoms with E-state index in [0.29, 0.717) is 23.9 Å². The van der Waals surface area contributed by atoms with Crippen molar-refractivity contribution in [1.29, 1.82) is 0 Å². The van der Waals surface area contributed by atoms with E-state index in [2.05, 4.69) is 15.1 Å². The number of fused-ring (bicyclic) bond motifs is 1. The molecule has 0 radical (unpaired) electrons. The Morgan fingerprint density at radius 3 is 2.44 bits per heavy atom. The van der Waals surface area contributed by atoms with Crippen LogP contribution in [-0.4, -0.2) is 47.3 Å². The SMILES string of the molecule is COc1ccccc1OCC(=O)N=Nc1c(O)n(CN2CCCCCC2)c2ccccc12. The second kappa shape index (κ2) is 10.3. The molecule has 8 nitrogen and oxygen atoms in total. The predicted molar refractivity (Wildman–Crippen MR) is 122 cm³/mol. The third kappa shape index (κ3) is 4.91. The van der Waals surface area contributed by atoms with E-state index < -0.39 is 5.91 Å². The van der Waals surface area contributed by atoms with E-state index in [9.17, 15) is 9.90 Å². The molecule has 0 unspecified atom stereocenters. The minimum atomic E-state index is -0.556. The maximum atomic E-state index is 12.3. The molecule has 1 saturated heterocycles. The second-order valence-corrected chi connectivity index (χ2v) is 7.82. The van der Waals surface area contributed by atoms with Crippen LogP contribution in [0.5, 0.6) is 17.4 Å². The Morgan fingerprint density at radius 1 is 1.00 bits per heavy atom. The molecule has 0 saturated carbocycles. The number of aromatic hydroxyl groups is 1. The van der Waals surface area contributed by atoms with Gasteiger partial charge in [0.05, 0.1) is 19.3 Å². The highest BCUT2D eigenvalue weighted by molar-refractivity contribution is 5.95. The number of hydrogen-bond acceptors (Lipinski definition) is 6. The zero-order chi connectivity index (χ0) is 22.3. The molecule has 32 heavy (non-hydrogen) atoms. The molecular formula is C24H28N4O4. The number of nitrogens with zero attached hydrogens (tertiary/aromatic N) is 4. The topological polar surface area (TPSA) is 88.6 Å². The van der Waals surface area contributed by atoms with Crippen LogP contribution in [0.1, 0.15) is 25.7 Å². The molecule has 1 amide bonds. The Morgan fingerprint density at radius 2 is 1.69 bits per heavy atom. The van der Waals surface area contributed by atoms with Crippen LogP contribution < -0.4 is 9.47 Å². The Kier molecular flexibility index (Phi) is 7.01.